The van der Waals surface area contributed by atoms with Crippen LogP contribution in [0.2, 0.25) is 5.02 Å². The molecular formula is C12H11ClFNO3. The molecule has 0 bridgehead atoms. The van der Waals surface area contributed by atoms with E-state index in [-0.39, 0.29) is 10.6 Å². The van der Waals surface area contributed by atoms with Crippen molar-refractivity contribution in [1.82, 2.24) is 4.90 Å². The summed E-state index contributed by atoms with van der Waals surface area (Å²) < 4.78 is 12.9. The van der Waals surface area contributed by atoms with Gasteiger partial charge >= 0.3 is 5.97 Å². The van der Waals surface area contributed by atoms with Crippen molar-refractivity contribution in [3.63, 3.8) is 0 Å². The lowest BCUT2D eigenvalue weighted by atomic mass is 10.1. The number of likely N-dealkylation sites (tertiary alicyclic amines) is 1. The summed E-state index contributed by atoms with van der Waals surface area (Å²) in [6, 6.07) is 2.63. The normalized spacial score (nSPS) is 19.0. The average Bonchev–Trinajstić information content (AvgIpc) is 2.77. The van der Waals surface area contributed by atoms with Crippen molar-refractivity contribution in [2.45, 2.75) is 18.9 Å². The first kappa shape index (κ1) is 12.8. The molecule has 1 fully saturated rings. The van der Waals surface area contributed by atoms with Crippen LogP contribution >= 0.6 is 11.6 Å². The van der Waals surface area contributed by atoms with Crippen LogP contribution < -0.4 is 0 Å². The number of halogens is 2. The summed E-state index contributed by atoms with van der Waals surface area (Å²) in [5.41, 5.74) is 0.131. The monoisotopic (exact) mass is 271 g/mol. The second kappa shape index (κ2) is 4.94. The van der Waals surface area contributed by atoms with Gasteiger partial charge in [0.1, 0.15) is 11.9 Å². The van der Waals surface area contributed by atoms with Gasteiger partial charge in [0.05, 0.1) is 10.6 Å². The Labute approximate surface area is 108 Å². The highest BCUT2D eigenvalue weighted by Crippen LogP contribution is 2.24. The largest absolute Gasteiger partial charge is 0.480 e. The number of aliphatic carboxylic acids is 1. The maximum atomic E-state index is 12.9. The molecule has 1 N–H and O–H groups in total. The van der Waals surface area contributed by atoms with Crippen molar-refractivity contribution in [3.8, 4) is 0 Å². The van der Waals surface area contributed by atoms with E-state index < -0.39 is 23.7 Å². The van der Waals surface area contributed by atoms with Crippen LogP contribution in [0, 0.1) is 5.82 Å². The van der Waals surface area contributed by atoms with Crippen LogP contribution in [0.5, 0.6) is 0 Å². The van der Waals surface area contributed by atoms with Gasteiger partial charge in [-0.1, -0.05) is 11.6 Å². The highest BCUT2D eigenvalue weighted by Gasteiger charge is 2.35. The van der Waals surface area contributed by atoms with Crippen molar-refractivity contribution in [2.75, 3.05) is 6.54 Å². The van der Waals surface area contributed by atoms with Gasteiger partial charge < -0.3 is 10.0 Å². The first-order valence-corrected chi connectivity index (χ1v) is 5.87. The average molecular weight is 272 g/mol. The molecule has 0 spiro atoms. The summed E-state index contributed by atoms with van der Waals surface area (Å²) in [7, 11) is 0. The highest BCUT2D eigenvalue weighted by molar-refractivity contribution is 6.33. The van der Waals surface area contributed by atoms with Gasteiger partial charge in [-0.05, 0) is 31.0 Å². The summed E-state index contributed by atoms with van der Waals surface area (Å²) in [6.07, 6.45) is 1.07. The zero-order chi connectivity index (χ0) is 13.3. The van der Waals surface area contributed by atoms with Gasteiger partial charge in [-0.2, -0.15) is 0 Å². The lowest BCUT2D eigenvalue weighted by Crippen LogP contribution is -2.40. The molecule has 1 saturated heterocycles. The highest BCUT2D eigenvalue weighted by atomic mass is 35.5. The van der Waals surface area contributed by atoms with Crippen molar-refractivity contribution in [2.24, 2.45) is 0 Å². The predicted octanol–water partition coefficient (Wildman–Crippen LogP) is 2.17. The molecule has 1 aliphatic rings. The van der Waals surface area contributed by atoms with Gasteiger partial charge in [-0.25, -0.2) is 9.18 Å². The van der Waals surface area contributed by atoms with E-state index in [0.717, 1.165) is 12.1 Å². The molecule has 1 aromatic rings. The Bertz CT molecular complexity index is 506. The number of carbonyl (C=O) groups excluding carboxylic acids is 1. The third kappa shape index (κ3) is 2.31. The molecule has 2 rings (SSSR count). The number of carboxylic acids is 1. The fourth-order valence-corrected chi connectivity index (χ4v) is 2.33. The minimum atomic E-state index is -1.03. The third-order valence-electron chi connectivity index (χ3n) is 2.96. The van der Waals surface area contributed by atoms with E-state index >= 15 is 0 Å². The van der Waals surface area contributed by atoms with Gasteiger partial charge in [-0.3, -0.25) is 4.79 Å². The molecule has 0 unspecified atom stereocenters. The lowest BCUT2D eigenvalue weighted by Gasteiger charge is -2.21. The quantitative estimate of drug-likeness (QED) is 0.897. The van der Waals surface area contributed by atoms with E-state index in [9.17, 15) is 14.0 Å². The molecule has 18 heavy (non-hydrogen) atoms. The van der Waals surface area contributed by atoms with Crippen molar-refractivity contribution in [3.05, 3.63) is 34.6 Å². The summed E-state index contributed by atoms with van der Waals surface area (Å²) in [4.78, 5) is 24.4. The summed E-state index contributed by atoms with van der Waals surface area (Å²) >= 11 is 5.80. The van der Waals surface area contributed by atoms with E-state index in [4.69, 9.17) is 16.7 Å². The molecule has 4 nitrogen and oxygen atoms in total. The summed E-state index contributed by atoms with van der Waals surface area (Å²) in [5.74, 6) is -2.03. The van der Waals surface area contributed by atoms with Crippen LogP contribution in [0.15, 0.2) is 18.2 Å². The zero-order valence-electron chi connectivity index (χ0n) is 9.40. The van der Waals surface area contributed by atoms with Crippen LogP contribution in [0.4, 0.5) is 4.39 Å². The fraction of sp³-hybridized carbons (Fsp3) is 0.333. The number of amides is 1. The first-order valence-electron chi connectivity index (χ1n) is 5.49. The Kier molecular flexibility index (Phi) is 3.52. The molecule has 1 heterocycles. The van der Waals surface area contributed by atoms with Crippen molar-refractivity contribution < 1.29 is 19.1 Å². The van der Waals surface area contributed by atoms with Crippen LogP contribution in [0.25, 0.3) is 0 Å². The SMILES string of the molecule is O=C(O)[C@@H]1CCCN1C(=O)c1ccc(F)cc1Cl. The van der Waals surface area contributed by atoms with Crippen LogP contribution in [-0.4, -0.2) is 34.5 Å². The molecule has 1 amide bonds. The van der Waals surface area contributed by atoms with Crippen LogP contribution in [0.1, 0.15) is 23.2 Å². The van der Waals surface area contributed by atoms with Gasteiger partial charge in [0, 0.05) is 6.54 Å². The third-order valence-corrected chi connectivity index (χ3v) is 3.27. The smallest absolute Gasteiger partial charge is 0.326 e. The topological polar surface area (TPSA) is 57.6 Å². The van der Waals surface area contributed by atoms with Crippen LogP contribution in [0.3, 0.4) is 0 Å². The van der Waals surface area contributed by atoms with Gasteiger partial charge in [0.25, 0.3) is 5.91 Å². The second-order valence-electron chi connectivity index (χ2n) is 4.12. The van der Waals surface area contributed by atoms with Gasteiger partial charge in [-0.15, -0.1) is 0 Å². The maximum absolute atomic E-state index is 12.9. The molecule has 1 aromatic carbocycles. The number of carbonyl (C=O) groups is 2. The molecule has 6 heteroatoms. The van der Waals surface area contributed by atoms with Crippen molar-refractivity contribution >= 4 is 23.5 Å². The van der Waals surface area contributed by atoms with Gasteiger partial charge in [0.2, 0.25) is 0 Å². The number of rotatable bonds is 2. The zero-order valence-corrected chi connectivity index (χ0v) is 10.2. The summed E-state index contributed by atoms with van der Waals surface area (Å²) in [6.45, 7) is 0.378. The van der Waals surface area contributed by atoms with E-state index in [1.54, 1.807) is 0 Å². The number of hydrogen-bond donors (Lipinski definition) is 1. The summed E-state index contributed by atoms with van der Waals surface area (Å²) in [5, 5.41) is 9.00. The van der Waals surface area contributed by atoms with E-state index in [0.29, 0.717) is 19.4 Å². The van der Waals surface area contributed by atoms with Crippen LogP contribution in [-0.2, 0) is 4.79 Å². The Morgan fingerprint density at radius 3 is 2.78 bits per heavy atom. The molecular weight excluding hydrogens is 261 g/mol. The number of carboxylic acid groups (broad SMARTS) is 1. The number of nitrogens with zero attached hydrogens (tertiary/aromatic N) is 1. The Morgan fingerprint density at radius 2 is 2.17 bits per heavy atom. The molecule has 0 saturated carbocycles. The maximum Gasteiger partial charge on any atom is 0.326 e. The van der Waals surface area contributed by atoms with Crippen molar-refractivity contribution in [1.29, 1.82) is 0 Å². The van der Waals surface area contributed by atoms with E-state index in [2.05, 4.69) is 0 Å². The molecule has 1 aliphatic heterocycles. The van der Waals surface area contributed by atoms with E-state index in [1.807, 2.05) is 0 Å². The number of benzene rings is 1. The lowest BCUT2D eigenvalue weighted by molar-refractivity contribution is -0.141. The fourth-order valence-electron chi connectivity index (χ4n) is 2.08. The Balaban J connectivity index is 2.28. The predicted molar refractivity (Wildman–Crippen MR) is 63.1 cm³/mol. The Hall–Kier alpha value is -1.62. The molecule has 0 aliphatic carbocycles. The minimum Gasteiger partial charge on any atom is -0.480 e. The molecule has 1 atom stereocenters. The first-order chi connectivity index (χ1) is 8.50. The minimum absolute atomic E-state index is 0.00367. The van der Waals surface area contributed by atoms with E-state index in [1.165, 1.54) is 11.0 Å². The molecule has 0 radical (unpaired) electrons. The van der Waals surface area contributed by atoms with Gasteiger partial charge in [0.15, 0.2) is 0 Å². The Morgan fingerprint density at radius 1 is 1.44 bits per heavy atom. The number of hydrogen-bond acceptors (Lipinski definition) is 2. The molecule has 0 aromatic heterocycles. The molecule has 96 valence electrons. The standard InChI is InChI=1S/C12H11ClFNO3/c13-9-6-7(14)3-4-8(9)11(16)15-5-1-2-10(15)12(17)18/h3-4,6,10H,1-2,5H2,(H,17,18)/t10-/m0/s1. The second-order valence-corrected chi connectivity index (χ2v) is 4.53.